The van der Waals surface area contributed by atoms with Crippen molar-refractivity contribution in [2.75, 3.05) is 11.9 Å². The van der Waals surface area contributed by atoms with Crippen LogP contribution in [0.2, 0.25) is 0 Å². The fourth-order valence-electron chi connectivity index (χ4n) is 5.19. The van der Waals surface area contributed by atoms with E-state index in [0.717, 1.165) is 73.8 Å². The van der Waals surface area contributed by atoms with Crippen LogP contribution >= 0.6 is 11.6 Å². The van der Waals surface area contributed by atoms with Crippen LogP contribution in [0.4, 0.5) is 5.82 Å². The Hall–Kier alpha value is -4.44. The highest BCUT2D eigenvalue weighted by Gasteiger charge is 2.23. The summed E-state index contributed by atoms with van der Waals surface area (Å²) in [5.74, 6) is 1.97. The first-order valence-corrected chi connectivity index (χ1v) is 13.7. The highest BCUT2D eigenvalue weighted by Crippen LogP contribution is 2.36. The predicted octanol–water partition coefficient (Wildman–Crippen LogP) is 5.55. The SMILES string of the molecule is CCNc1nc(C)nc2c(-c3c(C)cc(C)cc3CC(Cl)c3nc(Cc4ccccn4)c4[nH]ncc4n3)n[nH]c12. The van der Waals surface area contributed by atoms with Crippen molar-refractivity contribution in [3.8, 4) is 11.3 Å². The van der Waals surface area contributed by atoms with Crippen molar-refractivity contribution in [2.24, 2.45) is 0 Å². The normalized spacial score (nSPS) is 12.3. The molecule has 5 aromatic heterocycles. The third kappa shape index (κ3) is 4.86. The van der Waals surface area contributed by atoms with E-state index in [1.807, 2.05) is 32.0 Å². The topological polar surface area (TPSA) is 134 Å². The number of rotatable bonds is 8. The van der Waals surface area contributed by atoms with Crippen molar-refractivity contribution in [3.63, 3.8) is 0 Å². The lowest BCUT2D eigenvalue weighted by molar-refractivity contribution is 0.818. The highest BCUT2D eigenvalue weighted by atomic mass is 35.5. The number of fused-ring (bicyclic) bond motifs is 2. The quantitative estimate of drug-likeness (QED) is 0.209. The van der Waals surface area contributed by atoms with Gasteiger partial charge in [-0.2, -0.15) is 10.2 Å². The number of benzene rings is 1. The van der Waals surface area contributed by atoms with E-state index in [-0.39, 0.29) is 0 Å². The molecule has 1 atom stereocenters. The van der Waals surface area contributed by atoms with Crippen LogP contribution in [-0.4, -0.2) is 51.9 Å². The van der Waals surface area contributed by atoms with Crippen LogP contribution in [0.3, 0.4) is 0 Å². The van der Waals surface area contributed by atoms with E-state index in [0.29, 0.717) is 24.5 Å². The summed E-state index contributed by atoms with van der Waals surface area (Å²) in [6, 6.07) is 10.1. The average Bonchev–Trinajstić information content (AvgIpc) is 3.57. The molecule has 1 aromatic carbocycles. The molecular formula is C29H29ClN10. The Morgan fingerprint density at radius 2 is 1.88 bits per heavy atom. The number of H-pyrrole nitrogens is 2. The fourth-order valence-corrected chi connectivity index (χ4v) is 5.45. The Labute approximate surface area is 236 Å². The molecule has 0 saturated heterocycles. The van der Waals surface area contributed by atoms with Crippen molar-refractivity contribution in [1.29, 1.82) is 0 Å². The Morgan fingerprint density at radius 1 is 1.00 bits per heavy atom. The first kappa shape index (κ1) is 25.8. The van der Waals surface area contributed by atoms with E-state index in [2.05, 4.69) is 56.6 Å². The number of anilines is 1. The third-order valence-corrected chi connectivity index (χ3v) is 7.16. The number of hydrogen-bond donors (Lipinski definition) is 3. The van der Waals surface area contributed by atoms with Gasteiger partial charge in [-0.3, -0.25) is 15.2 Å². The molecule has 0 aliphatic heterocycles. The second-order valence-corrected chi connectivity index (χ2v) is 10.4. The maximum absolute atomic E-state index is 7.10. The Balaban J connectivity index is 1.41. The molecule has 6 rings (SSSR count). The number of nitrogens with zero attached hydrogens (tertiary/aromatic N) is 7. The lowest BCUT2D eigenvalue weighted by Gasteiger charge is -2.16. The zero-order valence-corrected chi connectivity index (χ0v) is 23.5. The van der Waals surface area contributed by atoms with Crippen LogP contribution < -0.4 is 5.32 Å². The summed E-state index contributed by atoms with van der Waals surface area (Å²) in [5.41, 5.74) is 9.85. The molecule has 0 saturated carbocycles. The number of aryl methyl sites for hydroxylation is 3. The van der Waals surface area contributed by atoms with Crippen LogP contribution in [0, 0.1) is 20.8 Å². The monoisotopic (exact) mass is 552 g/mol. The molecule has 40 heavy (non-hydrogen) atoms. The highest BCUT2D eigenvalue weighted by molar-refractivity contribution is 6.20. The average molecular weight is 553 g/mol. The summed E-state index contributed by atoms with van der Waals surface area (Å²) in [6.07, 6.45) is 4.53. The maximum atomic E-state index is 7.10. The molecule has 3 N–H and O–H groups in total. The van der Waals surface area contributed by atoms with Gasteiger partial charge in [-0.1, -0.05) is 23.8 Å². The predicted molar refractivity (Wildman–Crippen MR) is 157 cm³/mol. The molecule has 0 fully saturated rings. The maximum Gasteiger partial charge on any atom is 0.155 e. The van der Waals surface area contributed by atoms with Crippen molar-refractivity contribution < 1.29 is 0 Å². The van der Waals surface area contributed by atoms with Gasteiger partial charge in [-0.25, -0.2) is 19.9 Å². The van der Waals surface area contributed by atoms with E-state index >= 15 is 0 Å². The van der Waals surface area contributed by atoms with E-state index in [1.54, 1.807) is 12.4 Å². The molecule has 0 aliphatic rings. The molecule has 10 nitrogen and oxygen atoms in total. The van der Waals surface area contributed by atoms with Crippen LogP contribution in [0.15, 0.2) is 42.7 Å². The van der Waals surface area contributed by atoms with Gasteiger partial charge in [-0.05, 0) is 57.4 Å². The van der Waals surface area contributed by atoms with Gasteiger partial charge in [0.25, 0.3) is 0 Å². The first-order chi connectivity index (χ1) is 19.4. The number of halogens is 1. The lowest BCUT2D eigenvalue weighted by Crippen LogP contribution is -2.08. The Morgan fingerprint density at radius 3 is 2.67 bits per heavy atom. The van der Waals surface area contributed by atoms with Gasteiger partial charge in [0.2, 0.25) is 0 Å². The summed E-state index contributed by atoms with van der Waals surface area (Å²) >= 11 is 7.10. The molecule has 1 unspecified atom stereocenters. The smallest absolute Gasteiger partial charge is 0.155 e. The van der Waals surface area contributed by atoms with Crippen LogP contribution in [0.25, 0.3) is 33.3 Å². The molecule has 5 heterocycles. The first-order valence-electron chi connectivity index (χ1n) is 13.2. The molecule has 0 aliphatic carbocycles. The van der Waals surface area contributed by atoms with Gasteiger partial charge < -0.3 is 5.32 Å². The molecule has 0 radical (unpaired) electrons. The molecule has 11 heteroatoms. The minimum absolute atomic E-state index is 0.486. The zero-order valence-electron chi connectivity index (χ0n) is 22.7. The number of hydrogen-bond acceptors (Lipinski definition) is 8. The molecule has 0 amide bonds. The van der Waals surface area contributed by atoms with Gasteiger partial charge in [0.15, 0.2) is 5.82 Å². The van der Waals surface area contributed by atoms with Gasteiger partial charge in [0.1, 0.15) is 39.4 Å². The van der Waals surface area contributed by atoms with Gasteiger partial charge in [0.05, 0.1) is 17.3 Å². The summed E-state index contributed by atoms with van der Waals surface area (Å²) < 4.78 is 0. The zero-order chi connectivity index (χ0) is 27.8. The van der Waals surface area contributed by atoms with Gasteiger partial charge >= 0.3 is 0 Å². The van der Waals surface area contributed by atoms with Crippen LogP contribution in [0.1, 0.15) is 52.0 Å². The van der Waals surface area contributed by atoms with Crippen LogP contribution in [-0.2, 0) is 12.8 Å². The molecule has 202 valence electrons. The van der Waals surface area contributed by atoms with E-state index in [9.17, 15) is 0 Å². The van der Waals surface area contributed by atoms with Crippen molar-refractivity contribution in [2.45, 2.75) is 45.9 Å². The van der Waals surface area contributed by atoms with Crippen LogP contribution in [0.5, 0.6) is 0 Å². The van der Waals surface area contributed by atoms with Crippen molar-refractivity contribution >= 4 is 39.5 Å². The second kappa shape index (κ2) is 10.6. The Kier molecular flexibility index (Phi) is 6.85. The number of aromatic amines is 2. The summed E-state index contributed by atoms with van der Waals surface area (Å²) in [6.45, 7) is 8.84. The molecule has 0 spiro atoms. The third-order valence-electron chi connectivity index (χ3n) is 6.81. The van der Waals surface area contributed by atoms with Gasteiger partial charge in [-0.15, -0.1) is 11.6 Å². The Bertz CT molecular complexity index is 1830. The van der Waals surface area contributed by atoms with E-state index in [4.69, 9.17) is 31.7 Å². The summed E-state index contributed by atoms with van der Waals surface area (Å²) in [7, 11) is 0. The molecule has 0 bridgehead atoms. The second-order valence-electron chi connectivity index (χ2n) is 9.89. The van der Waals surface area contributed by atoms with E-state index in [1.165, 1.54) is 0 Å². The number of pyridine rings is 1. The minimum Gasteiger partial charge on any atom is -0.368 e. The number of alkyl halides is 1. The van der Waals surface area contributed by atoms with Gasteiger partial charge in [0, 0.05) is 30.4 Å². The summed E-state index contributed by atoms with van der Waals surface area (Å²) in [4.78, 5) is 23.4. The standard InChI is InChI=1S/C29H29ClN10/c1-5-31-29-27-26(34-17(4)35-29)25(39-40-27)23-16(3)10-15(2)11-18(23)12-20(30)28-36-21(13-19-8-6-7-9-32-19)24-22(37-28)14-33-38-24/h6-11,14,20H,5,12-13H2,1-4H3,(H,33,38)(H,39,40)(H,31,34,35). The number of nitrogens with one attached hydrogen (secondary N) is 3. The van der Waals surface area contributed by atoms with Crippen molar-refractivity contribution in [3.05, 3.63) is 82.5 Å². The minimum atomic E-state index is -0.486. The number of aromatic nitrogens is 9. The largest absolute Gasteiger partial charge is 0.368 e. The van der Waals surface area contributed by atoms with E-state index < -0.39 is 5.38 Å². The molecule has 6 aromatic rings. The lowest BCUT2D eigenvalue weighted by atomic mass is 9.93. The van der Waals surface area contributed by atoms with Crippen molar-refractivity contribution in [1.82, 2.24) is 45.3 Å². The molecular weight excluding hydrogens is 524 g/mol. The fraction of sp³-hybridized carbons (Fsp3) is 0.276. The summed E-state index contributed by atoms with van der Waals surface area (Å²) in [5, 5.41) is 17.9.